The number of hydrogen-bond donors (Lipinski definition) is 5. The summed E-state index contributed by atoms with van der Waals surface area (Å²) in [5.41, 5.74) is -3.22. The van der Waals surface area contributed by atoms with Crippen LogP contribution in [0.2, 0.25) is 0 Å². The van der Waals surface area contributed by atoms with Gasteiger partial charge in [-0.25, -0.2) is 9.59 Å². The van der Waals surface area contributed by atoms with Gasteiger partial charge in [0.05, 0.1) is 6.42 Å². The molecule has 1 aromatic carbocycles. The molecule has 110 valence electrons. The molecular weight excluding hydrogens is 272 g/mol. The minimum absolute atomic E-state index is 1.41. The zero-order valence-electron chi connectivity index (χ0n) is 10.2. The number of aliphatic carboxylic acids is 3. The Labute approximate surface area is 113 Å². The summed E-state index contributed by atoms with van der Waals surface area (Å²) in [6.45, 7) is 0. The van der Waals surface area contributed by atoms with Gasteiger partial charge in [-0.15, -0.1) is 0 Å². The highest BCUT2D eigenvalue weighted by Gasteiger charge is 2.49. The minimum atomic E-state index is -3.22. The van der Waals surface area contributed by atoms with E-state index in [9.17, 15) is 14.4 Å². The molecule has 1 rings (SSSR count). The summed E-state index contributed by atoms with van der Waals surface area (Å²) in [4.78, 5) is 30.7. The summed E-state index contributed by atoms with van der Waals surface area (Å²) in [6, 6.07) is 12.0. The highest BCUT2D eigenvalue weighted by Crippen LogP contribution is 2.16. The first kappa shape index (κ1) is 17.6. The monoisotopic (exact) mass is 286 g/mol. The third-order valence-corrected chi connectivity index (χ3v) is 2.14. The quantitative estimate of drug-likeness (QED) is 0.481. The van der Waals surface area contributed by atoms with Crippen molar-refractivity contribution >= 4 is 17.9 Å². The van der Waals surface area contributed by atoms with Crippen LogP contribution >= 0.6 is 0 Å². The Morgan fingerprint density at radius 2 is 1.25 bits per heavy atom. The molecule has 0 radical (unpaired) electrons. The van der Waals surface area contributed by atoms with Crippen LogP contribution in [0.25, 0.3) is 0 Å². The normalized spacial score (nSPS) is 14.1. The first-order valence-electron chi connectivity index (χ1n) is 5.30. The second-order valence-electron chi connectivity index (χ2n) is 3.70. The zero-order chi connectivity index (χ0) is 15.8. The van der Waals surface area contributed by atoms with E-state index in [2.05, 4.69) is 0 Å². The van der Waals surface area contributed by atoms with Gasteiger partial charge in [-0.2, -0.15) is 0 Å². The molecule has 2 unspecified atom stereocenters. The molecule has 5 N–H and O–H groups in total. The Bertz CT molecular complexity index is 431. The average molecular weight is 286 g/mol. The lowest BCUT2D eigenvalue weighted by Gasteiger charge is -2.23. The molecule has 0 heterocycles. The molecule has 2 atom stereocenters. The first-order valence-corrected chi connectivity index (χ1v) is 5.30. The number of carbonyl (C=O) groups is 3. The lowest BCUT2D eigenvalue weighted by molar-refractivity contribution is -0.187. The van der Waals surface area contributed by atoms with Crippen molar-refractivity contribution in [2.45, 2.75) is 18.1 Å². The molecule has 0 fully saturated rings. The van der Waals surface area contributed by atoms with Crippen LogP contribution in [0.1, 0.15) is 6.42 Å². The molecule has 0 saturated carbocycles. The van der Waals surface area contributed by atoms with Crippen molar-refractivity contribution in [3.63, 3.8) is 0 Å². The van der Waals surface area contributed by atoms with Crippen molar-refractivity contribution in [3.05, 3.63) is 36.4 Å². The molecule has 20 heavy (non-hydrogen) atoms. The summed E-state index contributed by atoms with van der Waals surface area (Å²) in [6.07, 6.45) is -4.11. The Hall–Kier alpha value is -2.45. The van der Waals surface area contributed by atoms with Gasteiger partial charge in [-0.05, 0) is 0 Å². The molecule has 0 amide bonds. The Morgan fingerprint density at radius 1 is 0.900 bits per heavy atom. The van der Waals surface area contributed by atoms with Gasteiger partial charge in [0.15, 0.2) is 6.10 Å². The molecular formula is C12H14O8. The predicted octanol–water partition coefficient (Wildman–Crippen LogP) is -0.591. The maximum Gasteiger partial charge on any atom is 0.339 e. The average Bonchev–Trinajstić information content (AvgIpc) is 2.39. The number of benzene rings is 1. The van der Waals surface area contributed by atoms with Gasteiger partial charge in [-0.1, -0.05) is 36.4 Å². The summed E-state index contributed by atoms with van der Waals surface area (Å²) in [5.74, 6) is -5.87. The van der Waals surface area contributed by atoms with Crippen LogP contribution in [0.5, 0.6) is 0 Å². The van der Waals surface area contributed by atoms with Gasteiger partial charge in [0, 0.05) is 0 Å². The Balaban J connectivity index is 0.000000493. The number of aliphatic hydroxyl groups excluding tert-OH is 1. The number of carboxylic acid groups (broad SMARTS) is 3. The molecule has 1 aromatic rings. The first-order chi connectivity index (χ1) is 9.21. The largest absolute Gasteiger partial charge is 0.481 e. The van der Waals surface area contributed by atoms with Crippen molar-refractivity contribution in [1.29, 1.82) is 0 Å². The third kappa shape index (κ3) is 5.46. The summed E-state index contributed by atoms with van der Waals surface area (Å²) in [7, 11) is 0. The van der Waals surface area contributed by atoms with Crippen LogP contribution < -0.4 is 0 Å². The second-order valence-corrected chi connectivity index (χ2v) is 3.70. The molecule has 0 aliphatic carbocycles. The van der Waals surface area contributed by atoms with E-state index in [4.69, 9.17) is 25.5 Å². The lowest BCUT2D eigenvalue weighted by Crippen LogP contribution is -2.54. The topological polar surface area (TPSA) is 152 Å². The van der Waals surface area contributed by atoms with E-state index in [1.807, 2.05) is 36.4 Å². The molecule has 0 aromatic heterocycles. The van der Waals surface area contributed by atoms with Crippen LogP contribution in [0.15, 0.2) is 36.4 Å². The third-order valence-electron chi connectivity index (χ3n) is 2.14. The highest BCUT2D eigenvalue weighted by molar-refractivity contribution is 5.90. The molecule has 0 spiro atoms. The van der Waals surface area contributed by atoms with Crippen molar-refractivity contribution in [2.24, 2.45) is 0 Å². The number of carboxylic acids is 3. The summed E-state index contributed by atoms with van der Waals surface area (Å²) >= 11 is 0. The SMILES string of the molecule is O=C(O)CC(O)(C(=O)O)C(O)C(=O)O.c1ccccc1. The summed E-state index contributed by atoms with van der Waals surface area (Å²) < 4.78 is 0. The smallest absolute Gasteiger partial charge is 0.339 e. The minimum Gasteiger partial charge on any atom is -0.481 e. The Kier molecular flexibility index (Phi) is 6.91. The Morgan fingerprint density at radius 3 is 1.45 bits per heavy atom. The van der Waals surface area contributed by atoms with E-state index >= 15 is 0 Å². The van der Waals surface area contributed by atoms with Gasteiger partial charge in [0.25, 0.3) is 0 Å². The number of hydrogen-bond acceptors (Lipinski definition) is 5. The van der Waals surface area contributed by atoms with Crippen molar-refractivity contribution in [2.75, 3.05) is 0 Å². The van der Waals surface area contributed by atoms with E-state index < -0.39 is 36.0 Å². The molecule has 0 saturated heterocycles. The summed E-state index contributed by atoms with van der Waals surface area (Å²) in [5, 5.41) is 42.6. The van der Waals surface area contributed by atoms with E-state index in [0.717, 1.165) is 0 Å². The van der Waals surface area contributed by atoms with Gasteiger partial charge in [0.2, 0.25) is 5.60 Å². The van der Waals surface area contributed by atoms with Crippen LogP contribution in [0, 0.1) is 0 Å². The zero-order valence-corrected chi connectivity index (χ0v) is 10.2. The van der Waals surface area contributed by atoms with E-state index in [1.54, 1.807) is 0 Å². The van der Waals surface area contributed by atoms with Crippen LogP contribution in [-0.2, 0) is 14.4 Å². The van der Waals surface area contributed by atoms with Crippen molar-refractivity contribution < 1.29 is 39.9 Å². The van der Waals surface area contributed by atoms with Gasteiger partial charge in [0.1, 0.15) is 0 Å². The molecule has 0 bridgehead atoms. The molecule has 0 aliphatic heterocycles. The van der Waals surface area contributed by atoms with Crippen LogP contribution in [0.3, 0.4) is 0 Å². The van der Waals surface area contributed by atoms with Crippen LogP contribution in [-0.4, -0.2) is 55.1 Å². The lowest BCUT2D eigenvalue weighted by atomic mass is 9.93. The number of aliphatic hydroxyl groups is 2. The fourth-order valence-corrected chi connectivity index (χ4v) is 1.11. The molecule has 0 aliphatic rings. The molecule has 8 heteroatoms. The maximum atomic E-state index is 10.4. The van der Waals surface area contributed by atoms with Crippen LogP contribution in [0.4, 0.5) is 0 Å². The van der Waals surface area contributed by atoms with Gasteiger partial charge in [-0.3, -0.25) is 4.79 Å². The fourth-order valence-electron chi connectivity index (χ4n) is 1.11. The maximum absolute atomic E-state index is 10.4. The van der Waals surface area contributed by atoms with Gasteiger partial charge >= 0.3 is 17.9 Å². The van der Waals surface area contributed by atoms with E-state index in [1.165, 1.54) is 0 Å². The van der Waals surface area contributed by atoms with Gasteiger partial charge < -0.3 is 25.5 Å². The standard InChI is InChI=1S/C6H8O8.C6H6/c7-2(8)1-6(14,5(12)13)3(9)4(10)11;1-2-4-6-5-3-1/h3,9,14H,1H2,(H,7,8)(H,10,11)(H,12,13);1-6H. The van der Waals surface area contributed by atoms with Crippen molar-refractivity contribution in [1.82, 2.24) is 0 Å². The fraction of sp³-hybridized carbons (Fsp3) is 0.250. The van der Waals surface area contributed by atoms with E-state index in [-0.39, 0.29) is 0 Å². The highest BCUT2D eigenvalue weighted by atomic mass is 16.4. The second kappa shape index (κ2) is 7.87. The predicted molar refractivity (Wildman–Crippen MR) is 64.9 cm³/mol. The van der Waals surface area contributed by atoms with E-state index in [0.29, 0.717) is 0 Å². The molecule has 8 nitrogen and oxygen atoms in total. The van der Waals surface area contributed by atoms with Crippen molar-refractivity contribution in [3.8, 4) is 0 Å². The number of rotatable bonds is 5.